The number of amides is 1. The third-order valence-corrected chi connectivity index (χ3v) is 6.55. The maximum atomic E-state index is 12.3. The number of nitrogens with zero attached hydrogens (tertiary/aromatic N) is 3. The highest BCUT2D eigenvalue weighted by Gasteiger charge is 2.17. The standard InChI is InChI=1S/C21H26N4O2S/c26-21(15-28-18-6-1-2-7-18)22-17-5-3-4-16(14-17)19-8-9-20(24-23-19)25-10-12-27-13-11-25/h3-5,8-9,14,18H,1-2,6-7,10-13,15H2,(H,22,26). The molecule has 0 spiro atoms. The Balaban J connectivity index is 1.36. The van der Waals surface area contributed by atoms with Gasteiger partial charge in [0.1, 0.15) is 0 Å². The lowest BCUT2D eigenvalue weighted by Gasteiger charge is -2.27. The van der Waals surface area contributed by atoms with E-state index < -0.39 is 0 Å². The fraction of sp³-hybridized carbons (Fsp3) is 0.476. The minimum Gasteiger partial charge on any atom is -0.378 e. The van der Waals surface area contributed by atoms with Crippen LogP contribution in [0.3, 0.4) is 0 Å². The van der Waals surface area contributed by atoms with Crippen molar-refractivity contribution < 1.29 is 9.53 Å². The number of carbonyl (C=O) groups is 1. The van der Waals surface area contributed by atoms with Crippen LogP contribution in [-0.4, -0.2) is 53.4 Å². The van der Waals surface area contributed by atoms with E-state index in [-0.39, 0.29) is 5.91 Å². The molecule has 0 radical (unpaired) electrons. The van der Waals surface area contributed by atoms with E-state index in [9.17, 15) is 4.79 Å². The second kappa shape index (κ2) is 9.39. The SMILES string of the molecule is O=C(CSC1CCCC1)Nc1cccc(-c2ccc(N3CCOCC3)nn2)c1. The van der Waals surface area contributed by atoms with Crippen LogP contribution in [0.4, 0.5) is 11.5 Å². The molecule has 2 aliphatic rings. The molecule has 0 bridgehead atoms. The predicted molar refractivity (Wildman–Crippen MR) is 114 cm³/mol. The minimum atomic E-state index is 0.0581. The summed E-state index contributed by atoms with van der Waals surface area (Å²) in [6.07, 6.45) is 5.08. The molecule has 148 valence electrons. The van der Waals surface area contributed by atoms with E-state index in [1.807, 2.05) is 36.4 Å². The van der Waals surface area contributed by atoms with Gasteiger partial charge in [0.05, 0.1) is 24.7 Å². The number of ether oxygens (including phenoxy) is 1. The van der Waals surface area contributed by atoms with Crippen LogP contribution in [0, 0.1) is 0 Å². The van der Waals surface area contributed by atoms with Crippen molar-refractivity contribution >= 4 is 29.2 Å². The van der Waals surface area contributed by atoms with Crippen molar-refractivity contribution in [3.8, 4) is 11.3 Å². The normalized spacial score (nSPS) is 17.6. The molecular weight excluding hydrogens is 372 g/mol. The topological polar surface area (TPSA) is 67.4 Å². The van der Waals surface area contributed by atoms with Crippen LogP contribution in [0.15, 0.2) is 36.4 Å². The van der Waals surface area contributed by atoms with Crippen LogP contribution < -0.4 is 10.2 Å². The molecule has 2 heterocycles. The molecule has 4 rings (SSSR count). The van der Waals surface area contributed by atoms with Crippen LogP contribution >= 0.6 is 11.8 Å². The van der Waals surface area contributed by atoms with Gasteiger partial charge >= 0.3 is 0 Å². The molecule has 1 amide bonds. The van der Waals surface area contributed by atoms with E-state index in [0.29, 0.717) is 11.0 Å². The van der Waals surface area contributed by atoms with E-state index in [0.717, 1.165) is 49.1 Å². The van der Waals surface area contributed by atoms with Gasteiger partial charge in [-0.1, -0.05) is 25.0 Å². The van der Waals surface area contributed by atoms with Crippen molar-refractivity contribution in [3.05, 3.63) is 36.4 Å². The summed E-state index contributed by atoms with van der Waals surface area (Å²) >= 11 is 1.78. The maximum absolute atomic E-state index is 12.3. The lowest BCUT2D eigenvalue weighted by Crippen LogP contribution is -2.36. The van der Waals surface area contributed by atoms with Crippen molar-refractivity contribution in [3.63, 3.8) is 0 Å². The second-order valence-corrected chi connectivity index (χ2v) is 8.51. The van der Waals surface area contributed by atoms with Gasteiger partial charge in [0, 0.05) is 29.6 Å². The number of hydrogen-bond acceptors (Lipinski definition) is 6. The van der Waals surface area contributed by atoms with Gasteiger partial charge in [-0.05, 0) is 37.1 Å². The van der Waals surface area contributed by atoms with Gasteiger partial charge in [-0.2, -0.15) is 0 Å². The number of benzene rings is 1. The van der Waals surface area contributed by atoms with Crippen LogP contribution in [0.5, 0.6) is 0 Å². The van der Waals surface area contributed by atoms with Crippen molar-refractivity contribution in [1.29, 1.82) is 0 Å². The van der Waals surface area contributed by atoms with Gasteiger partial charge in [0.15, 0.2) is 5.82 Å². The zero-order valence-electron chi connectivity index (χ0n) is 16.0. The lowest BCUT2D eigenvalue weighted by molar-refractivity contribution is -0.113. The third kappa shape index (κ3) is 5.02. The number of aromatic nitrogens is 2. The van der Waals surface area contributed by atoms with Gasteiger partial charge in [-0.3, -0.25) is 4.79 Å². The van der Waals surface area contributed by atoms with Crippen molar-refractivity contribution in [2.45, 2.75) is 30.9 Å². The van der Waals surface area contributed by atoms with Gasteiger partial charge in [0.25, 0.3) is 0 Å². The molecule has 0 unspecified atom stereocenters. The number of morpholine rings is 1. The molecule has 0 atom stereocenters. The molecule has 6 nitrogen and oxygen atoms in total. The molecule has 1 aromatic carbocycles. The van der Waals surface area contributed by atoms with Gasteiger partial charge in [-0.15, -0.1) is 22.0 Å². The molecule has 1 N–H and O–H groups in total. The molecule has 7 heteroatoms. The highest BCUT2D eigenvalue weighted by molar-refractivity contribution is 8.00. The molecule has 28 heavy (non-hydrogen) atoms. The summed E-state index contributed by atoms with van der Waals surface area (Å²) in [6.45, 7) is 3.14. The number of thioether (sulfide) groups is 1. The summed E-state index contributed by atoms with van der Waals surface area (Å²) in [6, 6.07) is 11.8. The van der Waals surface area contributed by atoms with Crippen molar-refractivity contribution in [2.24, 2.45) is 0 Å². The van der Waals surface area contributed by atoms with E-state index in [1.165, 1.54) is 25.7 Å². The highest BCUT2D eigenvalue weighted by Crippen LogP contribution is 2.29. The summed E-state index contributed by atoms with van der Waals surface area (Å²) in [4.78, 5) is 14.4. The van der Waals surface area contributed by atoms with Crippen LogP contribution in [0.2, 0.25) is 0 Å². The van der Waals surface area contributed by atoms with Gasteiger partial charge in [0.2, 0.25) is 5.91 Å². The van der Waals surface area contributed by atoms with Crippen LogP contribution in [0.25, 0.3) is 11.3 Å². The predicted octanol–water partition coefficient (Wildman–Crippen LogP) is 3.59. The summed E-state index contributed by atoms with van der Waals surface area (Å²) in [7, 11) is 0. The fourth-order valence-electron chi connectivity index (χ4n) is 3.64. The molecule has 1 saturated carbocycles. The number of carbonyl (C=O) groups excluding carboxylic acids is 1. The molecular formula is C21H26N4O2S. The summed E-state index contributed by atoms with van der Waals surface area (Å²) in [5, 5.41) is 12.4. The van der Waals surface area contributed by atoms with E-state index in [1.54, 1.807) is 11.8 Å². The first kappa shape index (κ1) is 19.2. The first-order chi connectivity index (χ1) is 13.8. The molecule has 2 fully saturated rings. The third-order valence-electron chi connectivity index (χ3n) is 5.18. The average Bonchev–Trinajstić information content (AvgIpc) is 3.27. The minimum absolute atomic E-state index is 0.0581. The average molecular weight is 399 g/mol. The van der Waals surface area contributed by atoms with E-state index in [2.05, 4.69) is 20.4 Å². The zero-order valence-corrected chi connectivity index (χ0v) is 16.8. The Labute approximate surface area is 170 Å². The highest BCUT2D eigenvalue weighted by atomic mass is 32.2. The molecule has 1 aliphatic heterocycles. The summed E-state index contributed by atoms with van der Waals surface area (Å²) in [5.74, 6) is 1.45. The Morgan fingerprint density at radius 1 is 1.14 bits per heavy atom. The van der Waals surface area contributed by atoms with Crippen LogP contribution in [-0.2, 0) is 9.53 Å². The lowest BCUT2D eigenvalue weighted by atomic mass is 10.1. The Morgan fingerprint density at radius 2 is 1.96 bits per heavy atom. The zero-order chi connectivity index (χ0) is 19.2. The smallest absolute Gasteiger partial charge is 0.234 e. The quantitative estimate of drug-likeness (QED) is 0.802. The number of anilines is 2. The fourth-order valence-corrected chi connectivity index (χ4v) is 4.77. The van der Waals surface area contributed by atoms with Crippen molar-refractivity contribution in [1.82, 2.24) is 10.2 Å². The Morgan fingerprint density at radius 3 is 2.71 bits per heavy atom. The second-order valence-electron chi connectivity index (χ2n) is 7.22. The largest absolute Gasteiger partial charge is 0.378 e. The summed E-state index contributed by atoms with van der Waals surface area (Å²) in [5.41, 5.74) is 2.55. The van der Waals surface area contributed by atoms with E-state index in [4.69, 9.17) is 4.74 Å². The summed E-state index contributed by atoms with van der Waals surface area (Å²) < 4.78 is 5.38. The molecule has 1 aromatic heterocycles. The van der Waals surface area contributed by atoms with Crippen LogP contribution in [0.1, 0.15) is 25.7 Å². The van der Waals surface area contributed by atoms with Gasteiger partial charge < -0.3 is 15.0 Å². The molecule has 2 aromatic rings. The number of hydrogen-bond donors (Lipinski definition) is 1. The number of rotatable bonds is 6. The Kier molecular flexibility index (Phi) is 6.44. The van der Waals surface area contributed by atoms with Crippen molar-refractivity contribution in [2.75, 3.05) is 42.3 Å². The number of nitrogens with one attached hydrogen (secondary N) is 1. The Bertz CT molecular complexity index is 787. The molecule has 1 saturated heterocycles. The first-order valence-electron chi connectivity index (χ1n) is 9.96. The van der Waals surface area contributed by atoms with E-state index >= 15 is 0 Å². The maximum Gasteiger partial charge on any atom is 0.234 e. The monoisotopic (exact) mass is 398 g/mol. The Hall–Kier alpha value is -2.12. The molecule has 1 aliphatic carbocycles. The first-order valence-corrected chi connectivity index (χ1v) is 11.0. The van der Waals surface area contributed by atoms with Gasteiger partial charge in [-0.25, -0.2) is 0 Å².